The minimum atomic E-state index is -0.227. The van der Waals surface area contributed by atoms with E-state index in [0.29, 0.717) is 30.3 Å². The summed E-state index contributed by atoms with van der Waals surface area (Å²) in [6.45, 7) is 8.93. The van der Waals surface area contributed by atoms with Crippen LogP contribution in [0.15, 0.2) is 24.3 Å². The lowest BCUT2D eigenvalue weighted by Gasteiger charge is -2.16. The van der Waals surface area contributed by atoms with Gasteiger partial charge in [-0.05, 0) is 44.2 Å². The number of benzene rings is 1. The molecular weight excluding hydrogens is 255 g/mol. The van der Waals surface area contributed by atoms with Gasteiger partial charge in [-0.25, -0.2) is 4.39 Å². The summed E-state index contributed by atoms with van der Waals surface area (Å²) < 4.78 is 25.2. The molecule has 0 spiro atoms. The zero-order valence-electron chi connectivity index (χ0n) is 12.9. The van der Waals surface area contributed by atoms with Crippen LogP contribution in [0.5, 0.6) is 11.5 Å². The van der Waals surface area contributed by atoms with E-state index in [-0.39, 0.29) is 11.7 Å². The molecule has 0 N–H and O–H groups in total. The van der Waals surface area contributed by atoms with E-state index in [4.69, 9.17) is 9.47 Å². The van der Waals surface area contributed by atoms with Gasteiger partial charge in [0.05, 0.1) is 13.2 Å². The van der Waals surface area contributed by atoms with Gasteiger partial charge in [0, 0.05) is 6.07 Å². The Balaban J connectivity index is 3.00. The van der Waals surface area contributed by atoms with Crippen LogP contribution in [0, 0.1) is 5.82 Å². The van der Waals surface area contributed by atoms with Crippen LogP contribution in [0.25, 0.3) is 0 Å². The predicted octanol–water partition coefficient (Wildman–Crippen LogP) is 5.08. The van der Waals surface area contributed by atoms with Gasteiger partial charge >= 0.3 is 0 Å². The van der Waals surface area contributed by atoms with Crippen LogP contribution in [-0.2, 0) is 0 Å². The van der Waals surface area contributed by atoms with Crippen molar-refractivity contribution in [1.29, 1.82) is 0 Å². The van der Waals surface area contributed by atoms with Gasteiger partial charge in [0.25, 0.3) is 0 Å². The Morgan fingerprint density at radius 3 is 2.20 bits per heavy atom. The summed E-state index contributed by atoms with van der Waals surface area (Å²) in [5.41, 5.74) is 0.678. The summed E-state index contributed by atoms with van der Waals surface area (Å²) in [4.78, 5) is 0. The summed E-state index contributed by atoms with van der Waals surface area (Å²) in [7, 11) is 0. The van der Waals surface area contributed by atoms with E-state index in [1.165, 1.54) is 6.07 Å². The van der Waals surface area contributed by atoms with E-state index in [0.717, 1.165) is 12.8 Å². The first-order valence-electron chi connectivity index (χ1n) is 7.37. The summed E-state index contributed by atoms with van der Waals surface area (Å²) in [5, 5.41) is 0. The number of hydrogen-bond donors (Lipinski definition) is 0. The maximum absolute atomic E-state index is 14.2. The molecule has 0 saturated carbocycles. The third kappa shape index (κ3) is 4.55. The van der Waals surface area contributed by atoms with E-state index in [1.54, 1.807) is 6.07 Å². The first-order chi connectivity index (χ1) is 9.63. The first kappa shape index (κ1) is 16.5. The quantitative estimate of drug-likeness (QED) is 0.618. The molecule has 0 aromatic heterocycles. The first-order valence-corrected chi connectivity index (χ1v) is 7.37. The van der Waals surface area contributed by atoms with Crippen molar-refractivity contribution in [2.24, 2.45) is 0 Å². The molecular formula is C17H25FO2. The van der Waals surface area contributed by atoms with Gasteiger partial charge in [-0.2, -0.15) is 0 Å². The topological polar surface area (TPSA) is 18.5 Å². The summed E-state index contributed by atoms with van der Waals surface area (Å²) in [6.07, 6.45) is 6.03. The minimum absolute atomic E-state index is 0.118. The van der Waals surface area contributed by atoms with E-state index in [9.17, 15) is 4.39 Å². The third-order valence-electron chi connectivity index (χ3n) is 3.09. The van der Waals surface area contributed by atoms with E-state index in [1.807, 2.05) is 20.8 Å². The van der Waals surface area contributed by atoms with E-state index in [2.05, 4.69) is 19.1 Å². The summed E-state index contributed by atoms with van der Waals surface area (Å²) in [6, 6.07) is 3.21. The minimum Gasteiger partial charge on any atom is -0.490 e. The molecule has 1 aromatic rings. The molecule has 112 valence electrons. The van der Waals surface area contributed by atoms with Crippen LogP contribution < -0.4 is 9.47 Å². The Labute approximate surface area is 121 Å². The zero-order valence-corrected chi connectivity index (χ0v) is 12.9. The van der Waals surface area contributed by atoms with Crippen molar-refractivity contribution in [3.8, 4) is 11.5 Å². The van der Waals surface area contributed by atoms with Gasteiger partial charge in [-0.1, -0.05) is 26.0 Å². The fourth-order valence-corrected chi connectivity index (χ4v) is 2.06. The standard InChI is InChI=1S/C17H25FO2/c1-5-8-9-10-13(4)14-11-16(19-6-2)17(20-7-3)12-15(14)18/h8-9,11-13H,5-7,10H2,1-4H3/b9-8-. The highest BCUT2D eigenvalue weighted by Gasteiger charge is 2.16. The number of rotatable bonds is 8. The van der Waals surface area contributed by atoms with Crippen molar-refractivity contribution in [2.75, 3.05) is 13.2 Å². The molecule has 1 aromatic carbocycles. The van der Waals surface area contributed by atoms with Gasteiger partial charge < -0.3 is 9.47 Å². The highest BCUT2D eigenvalue weighted by molar-refractivity contribution is 5.45. The molecule has 0 aliphatic heterocycles. The molecule has 2 nitrogen and oxygen atoms in total. The highest BCUT2D eigenvalue weighted by Crippen LogP contribution is 2.34. The molecule has 1 atom stereocenters. The highest BCUT2D eigenvalue weighted by atomic mass is 19.1. The molecule has 0 heterocycles. The Hall–Kier alpha value is -1.51. The second-order valence-electron chi connectivity index (χ2n) is 4.70. The van der Waals surface area contributed by atoms with Crippen LogP contribution in [0.3, 0.4) is 0 Å². The molecule has 1 rings (SSSR count). The molecule has 0 fully saturated rings. The van der Waals surface area contributed by atoms with Crippen molar-refractivity contribution >= 4 is 0 Å². The van der Waals surface area contributed by atoms with E-state index < -0.39 is 0 Å². The van der Waals surface area contributed by atoms with Gasteiger partial charge in [0.2, 0.25) is 0 Å². The molecule has 0 aliphatic rings. The van der Waals surface area contributed by atoms with Crippen LogP contribution >= 0.6 is 0 Å². The zero-order chi connectivity index (χ0) is 15.0. The van der Waals surface area contributed by atoms with Gasteiger partial charge in [-0.15, -0.1) is 0 Å². The van der Waals surface area contributed by atoms with Crippen molar-refractivity contribution in [2.45, 2.75) is 46.5 Å². The average molecular weight is 280 g/mol. The number of allylic oxidation sites excluding steroid dienone is 2. The molecule has 0 amide bonds. The average Bonchev–Trinajstić information content (AvgIpc) is 2.42. The van der Waals surface area contributed by atoms with Gasteiger partial charge in [0.1, 0.15) is 5.82 Å². The largest absolute Gasteiger partial charge is 0.490 e. The Bertz CT molecular complexity index is 441. The molecule has 0 saturated heterocycles. The van der Waals surface area contributed by atoms with Crippen molar-refractivity contribution in [3.05, 3.63) is 35.7 Å². The second kappa shape index (κ2) is 8.62. The monoisotopic (exact) mass is 280 g/mol. The van der Waals surface area contributed by atoms with Crippen LogP contribution in [-0.4, -0.2) is 13.2 Å². The van der Waals surface area contributed by atoms with Crippen molar-refractivity contribution in [3.63, 3.8) is 0 Å². The fraction of sp³-hybridized carbons (Fsp3) is 0.529. The maximum Gasteiger partial charge on any atom is 0.164 e. The molecule has 0 bridgehead atoms. The fourth-order valence-electron chi connectivity index (χ4n) is 2.06. The lowest BCUT2D eigenvalue weighted by Crippen LogP contribution is -2.03. The second-order valence-corrected chi connectivity index (χ2v) is 4.70. The lowest BCUT2D eigenvalue weighted by atomic mass is 9.96. The third-order valence-corrected chi connectivity index (χ3v) is 3.09. The van der Waals surface area contributed by atoms with Gasteiger partial charge in [0.15, 0.2) is 11.5 Å². The van der Waals surface area contributed by atoms with Crippen LogP contribution in [0.1, 0.15) is 52.0 Å². The summed E-state index contributed by atoms with van der Waals surface area (Å²) >= 11 is 0. The molecule has 20 heavy (non-hydrogen) atoms. The number of halogens is 1. The maximum atomic E-state index is 14.2. The Kier molecular flexibility index (Phi) is 7.13. The lowest BCUT2D eigenvalue weighted by molar-refractivity contribution is 0.285. The van der Waals surface area contributed by atoms with Crippen LogP contribution in [0.4, 0.5) is 4.39 Å². The SMILES string of the molecule is CC/C=C\CC(C)c1cc(OCC)c(OCC)cc1F. The van der Waals surface area contributed by atoms with Crippen molar-refractivity contribution in [1.82, 2.24) is 0 Å². The van der Waals surface area contributed by atoms with E-state index >= 15 is 0 Å². The predicted molar refractivity (Wildman–Crippen MR) is 81.2 cm³/mol. The van der Waals surface area contributed by atoms with Crippen molar-refractivity contribution < 1.29 is 13.9 Å². The normalized spacial score (nSPS) is 12.7. The van der Waals surface area contributed by atoms with Crippen LogP contribution in [0.2, 0.25) is 0 Å². The van der Waals surface area contributed by atoms with Gasteiger partial charge in [-0.3, -0.25) is 0 Å². The molecule has 0 aliphatic carbocycles. The number of hydrogen-bond acceptors (Lipinski definition) is 2. The Morgan fingerprint density at radius 1 is 1.05 bits per heavy atom. The molecule has 3 heteroatoms. The molecule has 0 radical (unpaired) electrons. The smallest absolute Gasteiger partial charge is 0.164 e. The Morgan fingerprint density at radius 2 is 1.65 bits per heavy atom. The summed E-state index contributed by atoms with van der Waals surface area (Å²) in [5.74, 6) is 0.992. The molecule has 1 unspecified atom stereocenters. The number of ether oxygens (including phenoxy) is 2.